The van der Waals surface area contributed by atoms with Crippen LogP contribution in [0.4, 0.5) is 0 Å². The second-order valence-electron chi connectivity index (χ2n) is 7.54. The molecular weight excluding hydrogens is 396 g/mol. The molecule has 1 aliphatic heterocycles. The highest BCUT2D eigenvalue weighted by Gasteiger charge is 2.39. The molecule has 0 N–H and O–H groups in total. The van der Waals surface area contributed by atoms with Crippen molar-refractivity contribution in [2.45, 2.75) is 24.4 Å². The van der Waals surface area contributed by atoms with E-state index in [0.29, 0.717) is 6.54 Å². The third-order valence-electron chi connectivity index (χ3n) is 5.42. The van der Waals surface area contributed by atoms with Crippen LogP contribution in [0.3, 0.4) is 0 Å². The fraction of sp³-hybridized carbons (Fsp3) is 0.208. The molecule has 4 rings (SSSR count). The number of hydrogen-bond donors (Lipinski definition) is 0. The van der Waals surface area contributed by atoms with Gasteiger partial charge in [-0.15, -0.1) is 0 Å². The Morgan fingerprint density at radius 3 is 2.10 bits per heavy atom. The Kier molecular flexibility index (Phi) is 5.70. The van der Waals surface area contributed by atoms with E-state index in [1.165, 1.54) is 4.31 Å². The minimum atomic E-state index is -3.76. The molecule has 154 valence electrons. The second-order valence-corrected chi connectivity index (χ2v) is 9.48. The van der Waals surface area contributed by atoms with Gasteiger partial charge in [-0.3, -0.25) is 4.79 Å². The summed E-state index contributed by atoms with van der Waals surface area (Å²) in [4.78, 5) is 15.1. The van der Waals surface area contributed by atoms with Gasteiger partial charge in [0.05, 0.1) is 17.5 Å². The smallest absolute Gasteiger partial charge is 0.243 e. The Balaban J connectivity index is 1.68. The zero-order valence-electron chi connectivity index (χ0n) is 16.8. The van der Waals surface area contributed by atoms with Gasteiger partial charge in [0.2, 0.25) is 15.9 Å². The molecule has 0 bridgehead atoms. The van der Waals surface area contributed by atoms with Crippen LogP contribution in [-0.4, -0.2) is 36.6 Å². The van der Waals surface area contributed by atoms with E-state index in [1.807, 2.05) is 67.6 Å². The fourth-order valence-corrected chi connectivity index (χ4v) is 5.15. The Hall–Kier alpha value is -2.96. The highest BCUT2D eigenvalue weighted by molar-refractivity contribution is 7.89. The number of nitrogens with zero attached hydrogens (tertiary/aromatic N) is 2. The summed E-state index contributed by atoms with van der Waals surface area (Å²) < 4.78 is 27.8. The predicted octanol–water partition coefficient (Wildman–Crippen LogP) is 3.77. The van der Waals surface area contributed by atoms with Gasteiger partial charge >= 0.3 is 0 Å². The number of sulfonamides is 1. The van der Waals surface area contributed by atoms with E-state index in [1.54, 1.807) is 29.2 Å². The van der Waals surface area contributed by atoms with Crippen LogP contribution in [0.1, 0.15) is 22.7 Å². The van der Waals surface area contributed by atoms with E-state index in [0.717, 1.165) is 16.7 Å². The summed E-state index contributed by atoms with van der Waals surface area (Å²) in [6.07, 6.45) is 0. The maximum atomic E-state index is 13.2. The molecule has 30 heavy (non-hydrogen) atoms. The molecule has 0 aromatic heterocycles. The molecule has 5 nitrogen and oxygen atoms in total. The van der Waals surface area contributed by atoms with Gasteiger partial charge in [-0.25, -0.2) is 8.42 Å². The monoisotopic (exact) mass is 420 g/mol. The van der Waals surface area contributed by atoms with Crippen LogP contribution in [0.15, 0.2) is 89.8 Å². The SMILES string of the molecule is Cc1ccc(S(=O)(=O)N2CC(=O)N(Cc3ccccc3)[C@@H](c3ccccc3)C2)cc1. The molecule has 0 aliphatic carbocycles. The zero-order chi connectivity index (χ0) is 21.1. The van der Waals surface area contributed by atoms with E-state index in [-0.39, 0.29) is 29.9 Å². The number of carbonyl (C=O) groups is 1. The number of hydrogen-bond acceptors (Lipinski definition) is 3. The summed E-state index contributed by atoms with van der Waals surface area (Å²) in [6.45, 7) is 2.41. The summed E-state index contributed by atoms with van der Waals surface area (Å²) >= 11 is 0. The number of rotatable bonds is 5. The normalized spacial score (nSPS) is 17.8. The van der Waals surface area contributed by atoms with Gasteiger partial charge in [0, 0.05) is 13.1 Å². The highest BCUT2D eigenvalue weighted by Crippen LogP contribution is 2.31. The van der Waals surface area contributed by atoms with Crippen LogP contribution >= 0.6 is 0 Å². The van der Waals surface area contributed by atoms with Crippen molar-refractivity contribution in [2.24, 2.45) is 0 Å². The van der Waals surface area contributed by atoms with E-state index in [4.69, 9.17) is 0 Å². The quantitative estimate of drug-likeness (QED) is 0.631. The zero-order valence-corrected chi connectivity index (χ0v) is 17.6. The van der Waals surface area contributed by atoms with Crippen LogP contribution in [0.2, 0.25) is 0 Å². The lowest BCUT2D eigenvalue weighted by atomic mass is 10.0. The lowest BCUT2D eigenvalue weighted by molar-refractivity contribution is -0.138. The maximum Gasteiger partial charge on any atom is 0.243 e. The Morgan fingerprint density at radius 1 is 0.867 bits per heavy atom. The third kappa shape index (κ3) is 4.15. The Labute approximate surface area is 177 Å². The van der Waals surface area contributed by atoms with Gasteiger partial charge in [-0.05, 0) is 30.2 Å². The van der Waals surface area contributed by atoms with Crippen molar-refractivity contribution in [1.29, 1.82) is 0 Å². The van der Waals surface area contributed by atoms with Crippen molar-refractivity contribution < 1.29 is 13.2 Å². The van der Waals surface area contributed by atoms with Crippen LogP contribution < -0.4 is 0 Å². The van der Waals surface area contributed by atoms with Crippen LogP contribution in [0, 0.1) is 6.92 Å². The lowest BCUT2D eigenvalue weighted by Crippen LogP contribution is -2.53. The molecule has 0 spiro atoms. The van der Waals surface area contributed by atoms with E-state index < -0.39 is 10.0 Å². The molecule has 0 saturated carbocycles. The van der Waals surface area contributed by atoms with Crippen LogP contribution in [-0.2, 0) is 21.4 Å². The van der Waals surface area contributed by atoms with Crippen molar-refractivity contribution in [3.05, 3.63) is 102 Å². The summed E-state index contributed by atoms with van der Waals surface area (Å²) in [5.74, 6) is -0.199. The van der Waals surface area contributed by atoms with Gasteiger partial charge < -0.3 is 4.90 Å². The van der Waals surface area contributed by atoms with Crippen molar-refractivity contribution in [3.8, 4) is 0 Å². The summed E-state index contributed by atoms with van der Waals surface area (Å²) in [5.41, 5.74) is 2.92. The van der Waals surface area contributed by atoms with Crippen molar-refractivity contribution in [1.82, 2.24) is 9.21 Å². The van der Waals surface area contributed by atoms with Crippen molar-refractivity contribution >= 4 is 15.9 Å². The van der Waals surface area contributed by atoms with Gasteiger partial charge in [0.15, 0.2) is 0 Å². The first-order valence-corrected chi connectivity index (χ1v) is 11.3. The van der Waals surface area contributed by atoms with Crippen LogP contribution in [0.5, 0.6) is 0 Å². The number of piperazine rings is 1. The fourth-order valence-electron chi connectivity index (χ4n) is 3.75. The predicted molar refractivity (Wildman–Crippen MR) is 116 cm³/mol. The van der Waals surface area contributed by atoms with Crippen LogP contribution in [0.25, 0.3) is 0 Å². The largest absolute Gasteiger partial charge is 0.329 e. The number of aryl methyl sites for hydroxylation is 1. The van der Waals surface area contributed by atoms with E-state index in [9.17, 15) is 13.2 Å². The molecule has 1 heterocycles. The summed E-state index contributed by atoms with van der Waals surface area (Å²) in [5, 5.41) is 0. The molecule has 0 radical (unpaired) electrons. The molecule has 6 heteroatoms. The molecule has 1 atom stereocenters. The molecule has 1 saturated heterocycles. The van der Waals surface area contributed by atoms with Gasteiger partial charge in [0.1, 0.15) is 0 Å². The minimum Gasteiger partial charge on any atom is -0.329 e. The van der Waals surface area contributed by atoms with Gasteiger partial charge in [0.25, 0.3) is 0 Å². The molecule has 3 aromatic rings. The van der Waals surface area contributed by atoms with E-state index >= 15 is 0 Å². The second kappa shape index (κ2) is 8.42. The molecular formula is C24H24N2O3S. The molecule has 3 aromatic carbocycles. The minimum absolute atomic E-state index is 0.160. The standard InChI is InChI=1S/C24H24N2O3S/c1-19-12-14-22(15-13-19)30(28,29)25-17-23(21-10-6-3-7-11-21)26(24(27)18-25)16-20-8-4-2-5-9-20/h2-15,23H,16-18H2,1H3/t23-/m1/s1. The first kappa shape index (κ1) is 20.3. The summed E-state index contributed by atoms with van der Waals surface area (Å²) in [7, 11) is -3.76. The average Bonchev–Trinajstić information content (AvgIpc) is 2.76. The summed E-state index contributed by atoms with van der Waals surface area (Å²) in [6, 6.07) is 25.8. The lowest BCUT2D eigenvalue weighted by Gasteiger charge is -2.40. The first-order valence-electron chi connectivity index (χ1n) is 9.90. The molecule has 1 amide bonds. The van der Waals surface area contributed by atoms with Crippen molar-refractivity contribution in [3.63, 3.8) is 0 Å². The number of carbonyl (C=O) groups excluding carboxylic acids is 1. The van der Waals surface area contributed by atoms with Gasteiger partial charge in [-0.1, -0.05) is 78.4 Å². The molecule has 0 unspecified atom stereocenters. The highest BCUT2D eigenvalue weighted by atomic mass is 32.2. The van der Waals surface area contributed by atoms with E-state index in [2.05, 4.69) is 0 Å². The van der Waals surface area contributed by atoms with Crippen molar-refractivity contribution in [2.75, 3.05) is 13.1 Å². The topological polar surface area (TPSA) is 57.7 Å². The Morgan fingerprint density at radius 2 is 1.47 bits per heavy atom. The molecule has 1 aliphatic rings. The third-order valence-corrected chi connectivity index (χ3v) is 7.25. The number of benzene rings is 3. The molecule has 1 fully saturated rings. The maximum absolute atomic E-state index is 13.2. The number of amides is 1. The van der Waals surface area contributed by atoms with Gasteiger partial charge in [-0.2, -0.15) is 4.31 Å². The Bertz CT molecular complexity index is 1110. The average molecular weight is 421 g/mol. The first-order chi connectivity index (χ1) is 14.4.